The van der Waals surface area contributed by atoms with Crippen LogP contribution < -0.4 is 20.1 Å². The maximum atomic E-state index is 12.5. The molecule has 1 heterocycles. The van der Waals surface area contributed by atoms with Gasteiger partial charge in [0.05, 0.1) is 12.3 Å². The van der Waals surface area contributed by atoms with Gasteiger partial charge in [-0.25, -0.2) is 0 Å². The smallest absolute Gasteiger partial charge is 0.246 e. The Hall–Kier alpha value is -2.40. The van der Waals surface area contributed by atoms with Crippen LogP contribution in [0, 0.1) is 0 Å². The number of hydrogen-bond donors (Lipinski definition) is 2. The van der Waals surface area contributed by atoms with Crippen molar-refractivity contribution in [2.75, 3.05) is 17.2 Å². The largest absolute Gasteiger partial charge is 0.492 e. The molecule has 0 aliphatic carbocycles. The van der Waals surface area contributed by atoms with E-state index < -0.39 is 6.04 Å². The predicted octanol–water partition coefficient (Wildman–Crippen LogP) is 4.50. The minimum Gasteiger partial charge on any atom is -0.492 e. The third-order valence-corrected chi connectivity index (χ3v) is 4.43. The molecule has 3 rings (SSSR count). The molecule has 0 saturated carbocycles. The van der Waals surface area contributed by atoms with Gasteiger partial charge in [-0.1, -0.05) is 11.6 Å². The van der Waals surface area contributed by atoms with Crippen LogP contribution in [0.4, 0.5) is 11.4 Å². The van der Waals surface area contributed by atoms with Crippen molar-refractivity contribution >= 4 is 28.9 Å². The molecule has 1 aliphatic heterocycles. The van der Waals surface area contributed by atoms with Crippen LogP contribution in [0.5, 0.6) is 11.5 Å². The highest BCUT2D eigenvalue weighted by Crippen LogP contribution is 2.38. The molecule has 2 N–H and O–H groups in total. The molecule has 0 bridgehead atoms. The van der Waals surface area contributed by atoms with Gasteiger partial charge in [-0.05, 0) is 51.1 Å². The van der Waals surface area contributed by atoms with E-state index in [1.54, 1.807) is 31.2 Å². The van der Waals surface area contributed by atoms with Gasteiger partial charge in [0.25, 0.3) is 0 Å². The first-order valence-corrected chi connectivity index (χ1v) is 9.13. The molecule has 1 aliphatic rings. The monoisotopic (exact) mass is 374 g/mol. The number of benzene rings is 2. The highest BCUT2D eigenvalue weighted by atomic mass is 35.5. The molecule has 2 aromatic carbocycles. The molecule has 26 heavy (non-hydrogen) atoms. The molecule has 5 nitrogen and oxygen atoms in total. The Kier molecular flexibility index (Phi) is 5.57. The van der Waals surface area contributed by atoms with Gasteiger partial charge in [-0.2, -0.15) is 0 Å². The number of ether oxygens (including phenoxy) is 2. The third-order valence-electron chi connectivity index (χ3n) is 4.18. The molecule has 0 spiro atoms. The van der Waals surface area contributed by atoms with Gasteiger partial charge < -0.3 is 20.1 Å². The van der Waals surface area contributed by atoms with Crippen LogP contribution in [-0.2, 0) is 11.2 Å². The van der Waals surface area contributed by atoms with Crippen LogP contribution in [-0.4, -0.2) is 24.7 Å². The Morgan fingerprint density at radius 3 is 2.77 bits per heavy atom. The topological polar surface area (TPSA) is 59.6 Å². The second kappa shape index (κ2) is 7.87. The molecule has 0 fully saturated rings. The molecule has 0 unspecified atom stereocenters. The Bertz CT molecular complexity index is 792. The van der Waals surface area contributed by atoms with E-state index in [1.807, 2.05) is 26.0 Å². The lowest BCUT2D eigenvalue weighted by atomic mass is 10.1. The fraction of sp³-hybridized carbons (Fsp3) is 0.350. The van der Waals surface area contributed by atoms with Gasteiger partial charge in [0.2, 0.25) is 5.91 Å². The molecular weight excluding hydrogens is 352 g/mol. The minimum absolute atomic E-state index is 0.149. The molecule has 1 amide bonds. The van der Waals surface area contributed by atoms with Crippen molar-refractivity contribution in [2.24, 2.45) is 0 Å². The summed E-state index contributed by atoms with van der Waals surface area (Å²) in [5.74, 6) is 1.42. The predicted molar refractivity (Wildman–Crippen MR) is 105 cm³/mol. The van der Waals surface area contributed by atoms with E-state index in [0.29, 0.717) is 17.3 Å². The molecule has 2 aromatic rings. The lowest BCUT2D eigenvalue weighted by Gasteiger charge is -2.19. The van der Waals surface area contributed by atoms with Crippen molar-refractivity contribution in [1.82, 2.24) is 0 Å². The van der Waals surface area contributed by atoms with E-state index in [-0.39, 0.29) is 12.0 Å². The SMILES string of the molecule is CCOc1cc2c(cc1N[C@@H](C)C(=O)Nc1ccc(Cl)cc1)O[C@H](C)C2. The van der Waals surface area contributed by atoms with Crippen LogP contribution in [0.25, 0.3) is 0 Å². The van der Waals surface area contributed by atoms with Gasteiger partial charge in [-0.15, -0.1) is 0 Å². The van der Waals surface area contributed by atoms with Crippen molar-refractivity contribution in [3.8, 4) is 11.5 Å². The summed E-state index contributed by atoms with van der Waals surface area (Å²) in [7, 11) is 0. The Morgan fingerprint density at radius 2 is 2.08 bits per heavy atom. The molecule has 0 radical (unpaired) electrons. The number of carbonyl (C=O) groups excluding carboxylic acids is 1. The zero-order chi connectivity index (χ0) is 18.7. The van der Waals surface area contributed by atoms with E-state index >= 15 is 0 Å². The minimum atomic E-state index is -0.457. The fourth-order valence-corrected chi connectivity index (χ4v) is 3.04. The average Bonchev–Trinajstić information content (AvgIpc) is 2.96. The number of fused-ring (bicyclic) bond motifs is 1. The number of nitrogens with one attached hydrogen (secondary N) is 2. The number of hydrogen-bond acceptors (Lipinski definition) is 4. The normalized spacial score (nSPS) is 16.4. The van der Waals surface area contributed by atoms with Crippen molar-refractivity contribution in [2.45, 2.75) is 39.3 Å². The summed E-state index contributed by atoms with van der Waals surface area (Å²) in [6.07, 6.45) is 1.02. The summed E-state index contributed by atoms with van der Waals surface area (Å²) >= 11 is 5.87. The first-order valence-electron chi connectivity index (χ1n) is 8.75. The number of amides is 1. The lowest BCUT2D eigenvalue weighted by Crippen LogP contribution is -2.32. The molecule has 0 aromatic heterocycles. The second-order valence-corrected chi connectivity index (χ2v) is 6.82. The van der Waals surface area contributed by atoms with Gasteiger partial charge in [0.1, 0.15) is 23.6 Å². The molecular formula is C20H23ClN2O3. The van der Waals surface area contributed by atoms with E-state index in [2.05, 4.69) is 10.6 Å². The number of anilines is 2. The number of halogens is 1. The molecule has 0 saturated heterocycles. The van der Waals surface area contributed by atoms with Crippen molar-refractivity contribution in [1.29, 1.82) is 0 Å². The quantitative estimate of drug-likeness (QED) is 0.781. The van der Waals surface area contributed by atoms with Gasteiger partial charge >= 0.3 is 0 Å². The van der Waals surface area contributed by atoms with Crippen LogP contribution in [0.2, 0.25) is 5.02 Å². The standard InChI is InChI=1S/C20H23ClN2O3/c1-4-25-19-10-14-9-12(2)26-18(14)11-17(19)22-13(3)20(24)23-16-7-5-15(21)6-8-16/h5-8,10-13,22H,4,9H2,1-3H3,(H,23,24)/t12-,13+/m1/s1. The summed E-state index contributed by atoms with van der Waals surface area (Å²) < 4.78 is 11.6. The van der Waals surface area contributed by atoms with E-state index in [0.717, 1.165) is 29.2 Å². The number of carbonyl (C=O) groups is 1. The van der Waals surface area contributed by atoms with Crippen LogP contribution in [0.15, 0.2) is 36.4 Å². The van der Waals surface area contributed by atoms with Crippen LogP contribution >= 0.6 is 11.6 Å². The third kappa shape index (κ3) is 4.22. The molecule has 138 valence electrons. The lowest BCUT2D eigenvalue weighted by molar-refractivity contribution is -0.116. The Labute approximate surface area is 158 Å². The molecule has 6 heteroatoms. The summed E-state index contributed by atoms with van der Waals surface area (Å²) in [5, 5.41) is 6.72. The van der Waals surface area contributed by atoms with E-state index in [4.69, 9.17) is 21.1 Å². The fourth-order valence-electron chi connectivity index (χ4n) is 2.91. The first-order chi connectivity index (χ1) is 12.5. The summed E-state index contributed by atoms with van der Waals surface area (Å²) in [6, 6.07) is 10.5. The van der Waals surface area contributed by atoms with Crippen molar-refractivity contribution in [3.63, 3.8) is 0 Å². The Morgan fingerprint density at radius 1 is 1.35 bits per heavy atom. The first kappa shape index (κ1) is 18.4. The average molecular weight is 375 g/mol. The second-order valence-electron chi connectivity index (χ2n) is 6.38. The summed E-state index contributed by atoms with van der Waals surface area (Å²) in [4.78, 5) is 12.5. The van der Waals surface area contributed by atoms with Gasteiger partial charge in [-0.3, -0.25) is 4.79 Å². The maximum Gasteiger partial charge on any atom is 0.246 e. The van der Waals surface area contributed by atoms with Crippen LogP contribution in [0.1, 0.15) is 26.3 Å². The molecule has 2 atom stereocenters. The van der Waals surface area contributed by atoms with Crippen LogP contribution in [0.3, 0.4) is 0 Å². The summed E-state index contributed by atoms with van der Waals surface area (Å²) in [5.41, 5.74) is 2.58. The van der Waals surface area contributed by atoms with Crippen molar-refractivity contribution < 1.29 is 14.3 Å². The maximum absolute atomic E-state index is 12.5. The zero-order valence-electron chi connectivity index (χ0n) is 15.1. The highest BCUT2D eigenvalue weighted by Gasteiger charge is 2.23. The summed E-state index contributed by atoms with van der Waals surface area (Å²) in [6.45, 7) is 6.33. The van der Waals surface area contributed by atoms with Gasteiger partial charge in [0, 0.05) is 28.8 Å². The van der Waals surface area contributed by atoms with Crippen molar-refractivity contribution in [3.05, 3.63) is 47.0 Å². The highest BCUT2D eigenvalue weighted by molar-refractivity contribution is 6.30. The van der Waals surface area contributed by atoms with Gasteiger partial charge in [0.15, 0.2) is 0 Å². The van der Waals surface area contributed by atoms with E-state index in [9.17, 15) is 4.79 Å². The zero-order valence-corrected chi connectivity index (χ0v) is 15.9. The number of rotatable bonds is 6. The van der Waals surface area contributed by atoms with E-state index in [1.165, 1.54) is 0 Å². The Balaban J connectivity index is 1.73.